The first-order valence-electron chi connectivity index (χ1n) is 7.83. The van der Waals surface area contributed by atoms with Gasteiger partial charge in [0.15, 0.2) is 0 Å². The molecule has 12 heteroatoms. The molecule has 0 spiro atoms. The summed E-state index contributed by atoms with van der Waals surface area (Å²) in [4.78, 5) is 36.9. The Morgan fingerprint density at radius 1 is 1.18 bits per heavy atom. The van der Waals surface area contributed by atoms with Crippen LogP contribution < -0.4 is 10.6 Å². The smallest absolute Gasteiger partial charge is 0.310 e. The lowest BCUT2D eigenvalue weighted by Crippen LogP contribution is -2.35. The van der Waals surface area contributed by atoms with Gasteiger partial charge in [0.05, 0.1) is 16.4 Å². The Kier molecular flexibility index (Phi) is 6.38. The number of carbonyl (C=O) groups is 2. The molecule has 1 heterocycles. The number of hydrogen-bond acceptors (Lipinski definition) is 7. The van der Waals surface area contributed by atoms with Gasteiger partial charge in [-0.2, -0.15) is 4.31 Å². The minimum atomic E-state index is -3.98. The summed E-state index contributed by atoms with van der Waals surface area (Å²) in [6, 6.07) is 6.67. The van der Waals surface area contributed by atoms with E-state index in [-0.39, 0.29) is 16.5 Å². The highest BCUT2D eigenvalue weighted by atomic mass is 32.2. The van der Waals surface area contributed by atoms with Crippen LogP contribution in [0.15, 0.2) is 47.6 Å². The summed E-state index contributed by atoms with van der Waals surface area (Å²) in [6.07, 6.45) is 2.24. The second kappa shape index (κ2) is 8.54. The van der Waals surface area contributed by atoms with E-state index >= 15 is 0 Å². The maximum atomic E-state index is 12.6. The molecule has 1 aromatic carbocycles. The van der Waals surface area contributed by atoms with E-state index in [1.807, 2.05) is 0 Å². The van der Waals surface area contributed by atoms with Crippen LogP contribution in [-0.2, 0) is 19.6 Å². The number of carbonyl (C=O) groups excluding carboxylic acids is 2. The number of nitrogens with one attached hydrogen (secondary N) is 2. The van der Waals surface area contributed by atoms with Crippen molar-refractivity contribution in [2.75, 3.05) is 24.2 Å². The summed E-state index contributed by atoms with van der Waals surface area (Å²) in [5.74, 6) is -1.05. The summed E-state index contributed by atoms with van der Waals surface area (Å²) < 4.78 is 25.9. The number of nitrogens with zero attached hydrogens (tertiary/aromatic N) is 3. The molecule has 28 heavy (non-hydrogen) atoms. The monoisotopic (exact) mass is 407 g/mol. The number of amides is 2. The Hall–Kier alpha value is -3.38. The molecule has 2 aromatic rings. The number of hydrogen-bond donors (Lipinski definition) is 2. The van der Waals surface area contributed by atoms with Crippen molar-refractivity contribution < 1.29 is 22.9 Å². The fourth-order valence-electron chi connectivity index (χ4n) is 2.21. The normalized spacial score (nSPS) is 11.1. The Labute approximate surface area is 160 Å². The maximum Gasteiger partial charge on any atom is 0.310 e. The molecule has 0 atom stereocenters. The highest BCUT2D eigenvalue weighted by Gasteiger charge is 2.24. The minimum Gasteiger partial charge on any atom is -0.326 e. The molecule has 0 bridgehead atoms. The lowest BCUT2D eigenvalue weighted by Gasteiger charge is -2.17. The Balaban J connectivity index is 2.10. The van der Waals surface area contributed by atoms with Gasteiger partial charge in [-0.15, -0.1) is 0 Å². The number of anilines is 2. The molecule has 0 aliphatic heterocycles. The Morgan fingerprint density at radius 2 is 1.82 bits per heavy atom. The molecular weight excluding hydrogens is 390 g/mol. The fraction of sp³-hybridized carbons (Fsp3) is 0.188. The Bertz CT molecular complexity index is 1010. The van der Waals surface area contributed by atoms with E-state index in [1.165, 1.54) is 50.5 Å². The van der Waals surface area contributed by atoms with Crippen LogP contribution in [0.1, 0.15) is 6.92 Å². The molecule has 2 amide bonds. The summed E-state index contributed by atoms with van der Waals surface area (Å²) in [6.45, 7) is 0.763. The predicted octanol–water partition coefficient (Wildman–Crippen LogP) is 1.21. The Morgan fingerprint density at radius 3 is 2.39 bits per heavy atom. The van der Waals surface area contributed by atoms with Crippen molar-refractivity contribution in [3.8, 4) is 0 Å². The van der Waals surface area contributed by atoms with Crippen LogP contribution in [-0.4, -0.2) is 48.0 Å². The van der Waals surface area contributed by atoms with Crippen molar-refractivity contribution in [3.05, 3.63) is 52.8 Å². The molecule has 0 unspecified atom stereocenters. The van der Waals surface area contributed by atoms with Crippen molar-refractivity contribution in [1.29, 1.82) is 0 Å². The van der Waals surface area contributed by atoms with E-state index in [0.717, 1.165) is 10.5 Å². The molecule has 148 valence electrons. The maximum absolute atomic E-state index is 12.6. The van der Waals surface area contributed by atoms with E-state index in [0.29, 0.717) is 5.69 Å². The van der Waals surface area contributed by atoms with Crippen molar-refractivity contribution in [2.45, 2.75) is 11.8 Å². The van der Waals surface area contributed by atoms with Gasteiger partial charge in [-0.1, -0.05) is 0 Å². The van der Waals surface area contributed by atoms with E-state index in [4.69, 9.17) is 0 Å². The molecule has 11 nitrogen and oxygen atoms in total. The van der Waals surface area contributed by atoms with Crippen LogP contribution in [0.5, 0.6) is 0 Å². The van der Waals surface area contributed by atoms with Gasteiger partial charge >= 0.3 is 5.69 Å². The van der Waals surface area contributed by atoms with Gasteiger partial charge < -0.3 is 10.6 Å². The summed E-state index contributed by atoms with van der Waals surface area (Å²) in [7, 11) is -2.78. The summed E-state index contributed by atoms with van der Waals surface area (Å²) >= 11 is 0. The third kappa shape index (κ3) is 5.08. The first-order valence-corrected chi connectivity index (χ1v) is 9.27. The largest absolute Gasteiger partial charge is 0.326 e. The van der Waals surface area contributed by atoms with Crippen LogP contribution >= 0.6 is 0 Å². The van der Waals surface area contributed by atoms with E-state index in [1.54, 1.807) is 0 Å². The zero-order chi connectivity index (χ0) is 20.9. The molecular formula is C16H17N5O6S. The third-order valence-corrected chi connectivity index (χ3v) is 5.34. The second-order valence-electron chi connectivity index (χ2n) is 5.66. The predicted molar refractivity (Wildman–Crippen MR) is 100 cm³/mol. The van der Waals surface area contributed by atoms with Gasteiger partial charge in [0, 0.05) is 25.9 Å². The third-order valence-electron chi connectivity index (χ3n) is 3.52. The number of rotatable bonds is 7. The first-order chi connectivity index (χ1) is 13.1. The number of likely N-dealkylation sites (N-methyl/N-ethyl adjacent to an activating group) is 1. The van der Waals surface area contributed by atoms with Gasteiger partial charge in [0.25, 0.3) is 0 Å². The molecule has 0 radical (unpaired) electrons. The van der Waals surface area contributed by atoms with Crippen molar-refractivity contribution in [2.24, 2.45) is 0 Å². The number of nitro groups is 1. The lowest BCUT2D eigenvalue weighted by atomic mass is 10.3. The zero-order valence-corrected chi connectivity index (χ0v) is 15.8. The SMILES string of the molecule is CC(=O)Nc1ccc(S(=O)(=O)N(C)CC(=O)Nc2ccncc2[N+](=O)[O-])cc1. The standard InChI is InChI=1S/C16H17N5O6S/c1-11(22)18-12-3-5-13(6-4-12)28(26,27)20(2)10-16(23)19-14-7-8-17-9-15(14)21(24)25/h3-9H,10H2,1-2H3,(H,18,22)(H,17,19,23). The fourth-order valence-corrected chi connectivity index (χ4v) is 3.33. The molecule has 0 aliphatic rings. The molecule has 0 saturated carbocycles. The quantitative estimate of drug-likeness (QED) is 0.517. The van der Waals surface area contributed by atoms with Gasteiger partial charge in [0.1, 0.15) is 11.9 Å². The average Bonchev–Trinajstić information content (AvgIpc) is 2.61. The highest BCUT2D eigenvalue weighted by molar-refractivity contribution is 7.89. The van der Waals surface area contributed by atoms with Crippen LogP contribution in [0.3, 0.4) is 0 Å². The van der Waals surface area contributed by atoms with Crippen molar-refractivity contribution in [3.63, 3.8) is 0 Å². The van der Waals surface area contributed by atoms with E-state index in [2.05, 4.69) is 15.6 Å². The van der Waals surface area contributed by atoms with E-state index in [9.17, 15) is 28.1 Å². The number of aromatic nitrogens is 1. The molecule has 2 N–H and O–H groups in total. The number of pyridine rings is 1. The van der Waals surface area contributed by atoms with Crippen LogP contribution in [0.2, 0.25) is 0 Å². The lowest BCUT2D eigenvalue weighted by molar-refractivity contribution is -0.384. The topological polar surface area (TPSA) is 152 Å². The van der Waals surface area contributed by atoms with Crippen LogP contribution in [0.25, 0.3) is 0 Å². The minimum absolute atomic E-state index is 0.0770. The van der Waals surface area contributed by atoms with Gasteiger partial charge in [-0.3, -0.25) is 24.7 Å². The molecule has 0 saturated heterocycles. The molecule has 2 rings (SSSR count). The van der Waals surface area contributed by atoms with Crippen molar-refractivity contribution in [1.82, 2.24) is 9.29 Å². The highest BCUT2D eigenvalue weighted by Crippen LogP contribution is 2.22. The van der Waals surface area contributed by atoms with Crippen LogP contribution in [0.4, 0.5) is 17.1 Å². The van der Waals surface area contributed by atoms with Gasteiger partial charge in [0.2, 0.25) is 21.8 Å². The summed E-state index contributed by atoms with van der Waals surface area (Å²) in [5.41, 5.74) is -0.0674. The zero-order valence-electron chi connectivity index (χ0n) is 14.9. The number of benzene rings is 1. The van der Waals surface area contributed by atoms with Crippen molar-refractivity contribution >= 4 is 38.9 Å². The molecule has 0 fully saturated rings. The summed E-state index contributed by atoms with van der Waals surface area (Å²) in [5, 5.41) is 15.8. The van der Waals surface area contributed by atoms with E-state index < -0.39 is 33.1 Å². The first kappa shape index (κ1) is 20.9. The average molecular weight is 407 g/mol. The van der Waals surface area contributed by atoms with Gasteiger partial charge in [-0.05, 0) is 30.3 Å². The number of sulfonamides is 1. The molecule has 1 aromatic heterocycles. The molecule has 0 aliphatic carbocycles. The second-order valence-corrected chi connectivity index (χ2v) is 7.71. The van der Waals surface area contributed by atoms with Gasteiger partial charge in [-0.25, -0.2) is 8.42 Å². The van der Waals surface area contributed by atoms with Crippen LogP contribution in [0, 0.1) is 10.1 Å².